The number of nitro groups is 1. The molecular formula is C13H17NO5. The smallest absolute Gasteiger partial charge is 0.339 e. The van der Waals surface area contributed by atoms with E-state index in [0.29, 0.717) is 6.61 Å². The molecule has 0 fully saturated rings. The molecule has 0 unspecified atom stereocenters. The van der Waals surface area contributed by atoms with Crippen LogP contribution in [0, 0.1) is 10.1 Å². The van der Waals surface area contributed by atoms with Crippen LogP contribution in [0.25, 0.3) is 0 Å². The molecule has 0 heterocycles. The second-order valence-corrected chi connectivity index (χ2v) is 4.15. The normalized spacial score (nSPS) is 10.2. The van der Waals surface area contributed by atoms with Crippen LogP contribution >= 0.6 is 0 Å². The van der Waals surface area contributed by atoms with E-state index < -0.39 is 10.9 Å². The van der Waals surface area contributed by atoms with Crippen LogP contribution < -0.4 is 4.74 Å². The lowest BCUT2D eigenvalue weighted by Crippen LogP contribution is -2.05. The molecule has 0 aliphatic rings. The van der Waals surface area contributed by atoms with Crippen LogP contribution in [-0.4, -0.2) is 22.6 Å². The van der Waals surface area contributed by atoms with E-state index in [2.05, 4.69) is 6.92 Å². The van der Waals surface area contributed by atoms with Crippen LogP contribution in [0.1, 0.15) is 43.0 Å². The van der Waals surface area contributed by atoms with Crippen molar-refractivity contribution in [2.75, 3.05) is 6.61 Å². The van der Waals surface area contributed by atoms with Gasteiger partial charge >= 0.3 is 5.97 Å². The Balaban J connectivity index is 2.74. The van der Waals surface area contributed by atoms with Gasteiger partial charge in [0.2, 0.25) is 0 Å². The Labute approximate surface area is 111 Å². The molecular weight excluding hydrogens is 250 g/mol. The number of carboxylic acids is 1. The summed E-state index contributed by atoms with van der Waals surface area (Å²) in [4.78, 5) is 21.1. The van der Waals surface area contributed by atoms with E-state index in [4.69, 9.17) is 9.84 Å². The summed E-state index contributed by atoms with van der Waals surface area (Å²) >= 11 is 0. The average Bonchev–Trinajstić information content (AvgIpc) is 2.38. The Morgan fingerprint density at radius 3 is 2.68 bits per heavy atom. The van der Waals surface area contributed by atoms with Crippen molar-refractivity contribution < 1.29 is 19.6 Å². The monoisotopic (exact) mass is 267 g/mol. The van der Waals surface area contributed by atoms with Gasteiger partial charge in [-0.25, -0.2) is 4.79 Å². The number of unbranched alkanes of at least 4 members (excludes halogenated alkanes) is 3. The zero-order valence-electron chi connectivity index (χ0n) is 10.8. The van der Waals surface area contributed by atoms with Gasteiger partial charge in [-0.15, -0.1) is 0 Å². The largest absolute Gasteiger partial charge is 0.492 e. The highest BCUT2D eigenvalue weighted by atomic mass is 16.6. The van der Waals surface area contributed by atoms with Gasteiger partial charge in [-0.2, -0.15) is 0 Å². The van der Waals surface area contributed by atoms with Crippen LogP contribution in [0.5, 0.6) is 5.75 Å². The zero-order chi connectivity index (χ0) is 14.3. The summed E-state index contributed by atoms with van der Waals surface area (Å²) in [6.07, 6.45) is 3.98. The lowest BCUT2D eigenvalue weighted by molar-refractivity contribution is -0.384. The Morgan fingerprint density at radius 2 is 2.11 bits per heavy atom. The van der Waals surface area contributed by atoms with Crippen LogP contribution in [0.3, 0.4) is 0 Å². The Hall–Kier alpha value is -2.11. The fourth-order valence-electron chi connectivity index (χ4n) is 1.63. The van der Waals surface area contributed by atoms with Gasteiger partial charge in [0.05, 0.1) is 17.6 Å². The summed E-state index contributed by atoms with van der Waals surface area (Å²) < 4.78 is 5.35. The Kier molecular flexibility index (Phi) is 5.78. The molecule has 1 aromatic carbocycles. The van der Waals surface area contributed by atoms with E-state index in [-0.39, 0.29) is 17.0 Å². The number of carbonyl (C=O) groups is 1. The molecule has 0 aliphatic carbocycles. The van der Waals surface area contributed by atoms with Crippen LogP contribution in [0.15, 0.2) is 18.2 Å². The molecule has 6 nitrogen and oxygen atoms in total. The predicted octanol–water partition coefficient (Wildman–Crippen LogP) is 3.25. The van der Waals surface area contributed by atoms with Crippen molar-refractivity contribution in [2.24, 2.45) is 0 Å². The van der Waals surface area contributed by atoms with E-state index in [0.717, 1.165) is 37.8 Å². The number of rotatable bonds is 8. The van der Waals surface area contributed by atoms with Crippen molar-refractivity contribution in [1.29, 1.82) is 0 Å². The maximum Gasteiger partial charge on any atom is 0.339 e. The van der Waals surface area contributed by atoms with E-state index in [1.165, 1.54) is 6.07 Å². The fourth-order valence-corrected chi connectivity index (χ4v) is 1.63. The second-order valence-electron chi connectivity index (χ2n) is 4.15. The van der Waals surface area contributed by atoms with Gasteiger partial charge in [-0.1, -0.05) is 26.2 Å². The summed E-state index contributed by atoms with van der Waals surface area (Å²) in [5.41, 5.74) is -0.227. The number of ether oxygens (including phenoxy) is 1. The number of carboxylic acid groups (broad SMARTS) is 1. The zero-order valence-corrected chi connectivity index (χ0v) is 10.8. The lowest BCUT2D eigenvalue weighted by atomic mass is 10.2. The van der Waals surface area contributed by atoms with Crippen molar-refractivity contribution >= 4 is 11.7 Å². The molecule has 0 saturated carbocycles. The Bertz CT molecular complexity index is 458. The number of hydrogen-bond donors (Lipinski definition) is 1. The summed E-state index contributed by atoms with van der Waals surface area (Å²) in [7, 11) is 0. The third kappa shape index (κ3) is 4.57. The molecule has 0 aromatic heterocycles. The van der Waals surface area contributed by atoms with Crippen LogP contribution in [-0.2, 0) is 0 Å². The molecule has 0 spiro atoms. The van der Waals surface area contributed by atoms with E-state index in [9.17, 15) is 14.9 Å². The molecule has 0 aliphatic heterocycles. The molecule has 0 bridgehead atoms. The van der Waals surface area contributed by atoms with Crippen molar-refractivity contribution in [3.63, 3.8) is 0 Å². The van der Waals surface area contributed by atoms with E-state index >= 15 is 0 Å². The summed E-state index contributed by atoms with van der Waals surface area (Å²) in [6.45, 7) is 2.45. The first-order valence-corrected chi connectivity index (χ1v) is 6.20. The maximum absolute atomic E-state index is 11.0. The topological polar surface area (TPSA) is 89.7 Å². The number of hydrogen-bond acceptors (Lipinski definition) is 4. The highest BCUT2D eigenvalue weighted by Crippen LogP contribution is 2.25. The van der Waals surface area contributed by atoms with E-state index in [1.807, 2.05) is 0 Å². The molecule has 1 rings (SSSR count). The first-order valence-electron chi connectivity index (χ1n) is 6.20. The first kappa shape index (κ1) is 14.9. The highest BCUT2D eigenvalue weighted by molar-refractivity contribution is 5.91. The minimum Gasteiger partial charge on any atom is -0.492 e. The second kappa shape index (κ2) is 7.35. The Morgan fingerprint density at radius 1 is 1.37 bits per heavy atom. The molecule has 104 valence electrons. The third-order valence-corrected chi connectivity index (χ3v) is 2.66. The molecule has 0 saturated heterocycles. The third-order valence-electron chi connectivity index (χ3n) is 2.66. The molecule has 0 radical (unpaired) electrons. The summed E-state index contributed by atoms with van der Waals surface area (Å²) in [5, 5.41) is 19.6. The van der Waals surface area contributed by atoms with Gasteiger partial charge < -0.3 is 9.84 Å². The van der Waals surface area contributed by atoms with E-state index in [1.54, 1.807) is 0 Å². The minimum atomic E-state index is -1.15. The van der Waals surface area contributed by atoms with Gasteiger partial charge in [0.1, 0.15) is 11.3 Å². The van der Waals surface area contributed by atoms with Gasteiger partial charge in [-0.3, -0.25) is 10.1 Å². The first-order chi connectivity index (χ1) is 9.06. The quantitative estimate of drug-likeness (QED) is 0.443. The maximum atomic E-state index is 11.0. The lowest BCUT2D eigenvalue weighted by Gasteiger charge is -2.08. The molecule has 19 heavy (non-hydrogen) atoms. The van der Waals surface area contributed by atoms with Crippen molar-refractivity contribution in [1.82, 2.24) is 0 Å². The van der Waals surface area contributed by atoms with Crippen molar-refractivity contribution in [3.8, 4) is 5.75 Å². The number of nitro benzene ring substituents is 1. The van der Waals surface area contributed by atoms with Crippen molar-refractivity contribution in [3.05, 3.63) is 33.9 Å². The van der Waals surface area contributed by atoms with Gasteiger partial charge in [0.25, 0.3) is 5.69 Å². The van der Waals surface area contributed by atoms with Crippen LogP contribution in [0.2, 0.25) is 0 Å². The average molecular weight is 267 g/mol. The number of aromatic carboxylic acids is 1. The van der Waals surface area contributed by atoms with Gasteiger partial charge in [0.15, 0.2) is 0 Å². The number of nitrogens with zero attached hydrogens (tertiary/aromatic N) is 1. The number of benzene rings is 1. The molecule has 0 atom stereocenters. The predicted molar refractivity (Wildman–Crippen MR) is 69.7 cm³/mol. The summed E-state index contributed by atoms with van der Waals surface area (Å²) in [6, 6.07) is 3.51. The molecule has 1 N–H and O–H groups in total. The standard InChI is InChI=1S/C13H17NO5/c1-2-3-4-5-8-19-12-9-10(14(17)18)6-7-11(12)13(15)16/h6-7,9H,2-5,8H2,1H3,(H,15,16). The summed E-state index contributed by atoms with van der Waals surface area (Å²) in [5.74, 6) is -1.10. The highest BCUT2D eigenvalue weighted by Gasteiger charge is 2.16. The van der Waals surface area contributed by atoms with Gasteiger partial charge in [0, 0.05) is 6.07 Å². The molecule has 6 heteroatoms. The minimum absolute atomic E-state index is 0.0539. The SMILES string of the molecule is CCCCCCOc1cc([N+](=O)[O-])ccc1C(=O)O. The molecule has 0 amide bonds. The van der Waals surface area contributed by atoms with Crippen molar-refractivity contribution in [2.45, 2.75) is 32.6 Å². The molecule has 1 aromatic rings. The fraction of sp³-hybridized carbons (Fsp3) is 0.462. The van der Waals surface area contributed by atoms with Gasteiger partial charge in [-0.05, 0) is 12.5 Å². The van der Waals surface area contributed by atoms with Crippen LogP contribution in [0.4, 0.5) is 5.69 Å². The number of non-ortho nitro benzene ring substituents is 1.